The Labute approximate surface area is 95.9 Å². The number of hydrogen-bond acceptors (Lipinski definition) is 3. The van der Waals surface area contributed by atoms with Gasteiger partial charge in [-0.15, -0.1) is 0 Å². The van der Waals surface area contributed by atoms with E-state index in [1.54, 1.807) is 6.07 Å². The summed E-state index contributed by atoms with van der Waals surface area (Å²) in [7, 11) is 4.03. The number of hydrogen-bond donors (Lipinski definition) is 2. The predicted molar refractivity (Wildman–Crippen MR) is 62.9 cm³/mol. The molecule has 0 saturated heterocycles. The van der Waals surface area contributed by atoms with Gasteiger partial charge in [0.25, 0.3) is 0 Å². The van der Waals surface area contributed by atoms with Crippen molar-refractivity contribution in [3.8, 4) is 5.75 Å². The topological polar surface area (TPSA) is 35.5 Å². The first-order chi connectivity index (χ1) is 7.49. The summed E-state index contributed by atoms with van der Waals surface area (Å²) in [5.74, 6) is -0.435. The number of phenolic OH excluding ortho intramolecular Hbond substituents is 1. The molecule has 2 N–H and O–H groups in total. The number of aromatic hydroxyl groups is 1. The molecule has 0 spiro atoms. The maximum Gasteiger partial charge on any atom is 0.127 e. The minimum atomic E-state index is -0.405. The Bertz CT molecular complexity index is 322. The van der Waals surface area contributed by atoms with E-state index in [0.29, 0.717) is 12.6 Å². The molecule has 4 heteroatoms. The van der Waals surface area contributed by atoms with Gasteiger partial charge in [0.15, 0.2) is 0 Å². The van der Waals surface area contributed by atoms with E-state index < -0.39 is 5.82 Å². The smallest absolute Gasteiger partial charge is 0.127 e. The molecule has 0 aliphatic heterocycles. The summed E-state index contributed by atoms with van der Waals surface area (Å²) in [4.78, 5) is 2.11. The number of benzene rings is 1. The fraction of sp³-hybridized carbons (Fsp3) is 0.500. The van der Waals surface area contributed by atoms with Gasteiger partial charge in [0, 0.05) is 25.2 Å². The summed E-state index contributed by atoms with van der Waals surface area (Å²) in [5, 5.41) is 12.4. The molecule has 16 heavy (non-hydrogen) atoms. The molecule has 0 bridgehead atoms. The van der Waals surface area contributed by atoms with E-state index >= 15 is 0 Å². The van der Waals surface area contributed by atoms with Crippen LogP contribution in [0.15, 0.2) is 18.2 Å². The highest BCUT2D eigenvalue weighted by molar-refractivity contribution is 5.28. The molecular weight excluding hydrogens is 207 g/mol. The Morgan fingerprint density at radius 2 is 2.06 bits per heavy atom. The normalized spacial score (nSPS) is 13.1. The van der Waals surface area contributed by atoms with Gasteiger partial charge in [-0.1, -0.05) is 0 Å². The molecule has 0 heterocycles. The number of rotatable bonds is 5. The van der Waals surface area contributed by atoms with Crippen LogP contribution in [0, 0.1) is 5.82 Å². The molecule has 0 radical (unpaired) electrons. The van der Waals surface area contributed by atoms with E-state index in [-0.39, 0.29) is 5.75 Å². The third-order valence-corrected chi connectivity index (χ3v) is 2.59. The summed E-state index contributed by atoms with van der Waals surface area (Å²) in [6.07, 6.45) is 0. The van der Waals surface area contributed by atoms with E-state index in [1.165, 1.54) is 6.07 Å². The van der Waals surface area contributed by atoms with Crippen LogP contribution in [0.5, 0.6) is 5.75 Å². The van der Waals surface area contributed by atoms with Gasteiger partial charge < -0.3 is 15.3 Å². The number of halogens is 1. The van der Waals surface area contributed by atoms with Crippen molar-refractivity contribution in [1.82, 2.24) is 10.2 Å². The van der Waals surface area contributed by atoms with Crippen LogP contribution < -0.4 is 5.32 Å². The monoisotopic (exact) mass is 226 g/mol. The van der Waals surface area contributed by atoms with Crippen LogP contribution in [-0.2, 0) is 6.54 Å². The second-order valence-electron chi connectivity index (χ2n) is 4.26. The Morgan fingerprint density at radius 3 is 2.62 bits per heavy atom. The molecular formula is C12H19FN2O. The van der Waals surface area contributed by atoms with Gasteiger partial charge in [-0.2, -0.15) is 0 Å². The minimum absolute atomic E-state index is 0.0301. The molecule has 90 valence electrons. The van der Waals surface area contributed by atoms with E-state index in [2.05, 4.69) is 17.1 Å². The van der Waals surface area contributed by atoms with Gasteiger partial charge in [0.2, 0.25) is 0 Å². The maximum atomic E-state index is 12.9. The number of likely N-dealkylation sites (N-methyl/N-ethyl adjacent to an activating group) is 1. The van der Waals surface area contributed by atoms with Gasteiger partial charge >= 0.3 is 0 Å². The molecule has 1 rings (SSSR count). The van der Waals surface area contributed by atoms with Crippen molar-refractivity contribution in [1.29, 1.82) is 0 Å². The van der Waals surface area contributed by atoms with Crippen LogP contribution in [0.3, 0.4) is 0 Å². The van der Waals surface area contributed by atoms with Crippen LogP contribution >= 0.6 is 0 Å². The maximum absolute atomic E-state index is 12.9. The molecule has 0 aliphatic carbocycles. The highest BCUT2D eigenvalue weighted by Crippen LogP contribution is 2.14. The SMILES string of the molecule is CC(CNCc1cc(O)cc(F)c1)N(C)C. The van der Waals surface area contributed by atoms with Gasteiger partial charge in [0.1, 0.15) is 11.6 Å². The average Bonchev–Trinajstić information content (AvgIpc) is 2.15. The highest BCUT2D eigenvalue weighted by Gasteiger charge is 2.04. The Balaban J connectivity index is 2.43. The first-order valence-corrected chi connectivity index (χ1v) is 5.34. The van der Waals surface area contributed by atoms with Crippen molar-refractivity contribution in [2.24, 2.45) is 0 Å². The summed E-state index contributed by atoms with van der Waals surface area (Å²) in [5.41, 5.74) is 0.753. The van der Waals surface area contributed by atoms with Crippen molar-refractivity contribution < 1.29 is 9.50 Å². The number of phenols is 1. The molecule has 0 aliphatic rings. The van der Waals surface area contributed by atoms with Crippen LogP contribution in [0.4, 0.5) is 4.39 Å². The Hall–Kier alpha value is -1.13. The van der Waals surface area contributed by atoms with Crippen molar-refractivity contribution in [3.05, 3.63) is 29.6 Å². The van der Waals surface area contributed by atoms with Gasteiger partial charge in [-0.05, 0) is 38.7 Å². The van der Waals surface area contributed by atoms with E-state index in [1.807, 2.05) is 14.1 Å². The molecule has 0 aromatic heterocycles. The summed E-state index contributed by atoms with van der Waals surface area (Å²) in [6.45, 7) is 3.49. The lowest BCUT2D eigenvalue weighted by Gasteiger charge is -2.20. The van der Waals surface area contributed by atoms with E-state index in [9.17, 15) is 9.50 Å². The van der Waals surface area contributed by atoms with E-state index in [0.717, 1.165) is 18.2 Å². The summed E-state index contributed by atoms with van der Waals surface area (Å²) >= 11 is 0. The summed E-state index contributed by atoms with van der Waals surface area (Å²) < 4.78 is 12.9. The first-order valence-electron chi connectivity index (χ1n) is 5.34. The molecule has 1 atom stereocenters. The quantitative estimate of drug-likeness (QED) is 0.800. The fourth-order valence-electron chi connectivity index (χ4n) is 1.34. The largest absolute Gasteiger partial charge is 0.508 e. The molecule has 0 saturated carbocycles. The minimum Gasteiger partial charge on any atom is -0.508 e. The van der Waals surface area contributed by atoms with Crippen molar-refractivity contribution in [3.63, 3.8) is 0 Å². The van der Waals surface area contributed by atoms with Crippen molar-refractivity contribution in [2.75, 3.05) is 20.6 Å². The highest BCUT2D eigenvalue weighted by atomic mass is 19.1. The average molecular weight is 226 g/mol. The van der Waals surface area contributed by atoms with Crippen LogP contribution in [-0.4, -0.2) is 36.7 Å². The summed E-state index contributed by atoms with van der Waals surface area (Å²) in [6, 6.07) is 4.51. The van der Waals surface area contributed by atoms with Crippen LogP contribution in [0.25, 0.3) is 0 Å². The third kappa shape index (κ3) is 4.16. The van der Waals surface area contributed by atoms with Crippen molar-refractivity contribution >= 4 is 0 Å². The second-order valence-corrected chi connectivity index (χ2v) is 4.26. The van der Waals surface area contributed by atoms with E-state index in [4.69, 9.17) is 0 Å². The van der Waals surface area contributed by atoms with Crippen molar-refractivity contribution in [2.45, 2.75) is 19.5 Å². The third-order valence-electron chi connectivity index (χ3n) is 2.59. The molecule has 3 nitrogen and oxygen atoms in total. The molecule has 1 unspecified atom stereocenters. The predicted octanol–water partition coefficient (Wildman–Crippen LogP) is 1.57. The zero-order chi connectivity index (χ0) is 12.1. The number of nitrogens with zero attached hydrogens (tertiary/aromatic N) is 1. The second kappa shape index (κ2) is 5.82. The lowest BCUT2D eigenvalue weighted by Crippen LogP contribution is -2.35. The molecule has 1 aromatic carbocycles. The lowest BCUT2D eigenvalue weighted by atomic mass is 10.2. The standard InChI is InChI=1S/C12H19FN2O/c1-9(15(2)3)7-14-8-10-4-11(13)6-12(16)5-10/h4-6,9,14,16H,7-8H2,1-3H3. The van der Waals surface area contributed by atoms with Gasteiger partial charge in [-0.3, -0.25) is 0 Å². The van der Waals surface area contributed by atoms with Crippen LogP contribution in [0.2, 0.25) is 0 Å². The van der Waals surface area contributed by atoms with Gasteiger partial charge in [0.05, 0.1) is 0 Å². The molecule has 0 fully saturated rings. The lowest BCUT2D eigenvalue weighted by molar-refractivity contribution is 0.302. The number of nitrogens with one attached hydrogen (secondary N) is 1. The zero-order valence-electron chi connectivity index (χ0n) is 10.00. The first kappa shape index (κ1) is 12.9. The van der Waals surface area contributed by atoms with Gasteiger partial charge in [-0.25, -0.2) is 4.39 Å². The Morgan fingerprint density at radius 1 is 1.38 bits per heavy atom. The fourth-order valence-corrected chi connectivity index (χ4v) is 1.34. The molecule has 0 amide bonds. The molecule has 1 aromatic rings. The van der Waals surface area contributed by atoms with Crippen LogP contribution in [0.1, 0.15) is 12.5 Å². The Kier molecular flexibility index (Phi) is 4.71. The zero-order valence-corrected chi connectivity index (χ0v) is 10.00.